The molecule has 7 nitrogen and oxygen atoms in total. The number of fused-ring (bicyclic) bond motifs is 1. The first-order valence-electron chi connectivity index (χ1n) is 12.5. The quantitative estimate of drug-likeness (QED) is 0.558. The first-order chi connectivity index (χ1) is 16.8. The van der Waals surface area contributed by atoms with Gasteiger partial charge in [-0.1, -0.05) is 54.8 Å². The van der Waals surface area contributed by atoms with Crippen molar-refractivity contribution in [3.8, 4) is 0 Å². The van der Waals surface area contributed by atoms with Crippen LogP contribution in [0, 0.1) is 6.92 Å². The van der Waals surface area contributed by atoms with E-state index < -0.39 is 6.04 Å². The number of hydrogen-bond donors (Lipinski definition) is 1. The van der Waals surface area contributed by atoms with Crippen LogP contribution in [0.1, 0.15) is 77.3 Å². The van der Waals surface area contributed by atoms with Gasteiger partial charge in [-0.25, -0.2) is 0 Å². The minimum atomic E-state index is -0.622. The van der Waals surface area contributed by atoms with Gasteiger partial charge in [0.15, 0.2) is 0 Å². The van der Waals surface area contributed by atoms with Crippen molar-refractivity contribution in [2.24, 2.45) is 0 Å². The van der Waals surface area contributed by atoms with E-state index in [1.165, 1.54) is 4.90 Å². The first kappa shape index (κ1) is 24.6. The average molecular weight is 476 g/mol. The maximum atomic E-state index is 13.3. The predicted molar refractivity (Wildman–Crippen MR) is 133 cm³/mol. The van der Waals surface area contributed by atoms with Gasteiger partial charge in [0, 0.05) is 25.6 Å². The molecule has 1 unspecified atom stereocenters. The Morgan fingerprint density at radius 1 is 1.03 bits per heavy atom. The van der Waals surface area contributed by atoms with E-state index in [9.17, 15) is 19.2 Å². The number of nitrogens with one attached hydrogen (secondary N) is 1. The fraction of sp³-hybridized carbons (Fsp3) is 0.429. The molecular weight excluding hydrogens is 442 g/mol. The van der Waals surface area contributed by atoms with E-state index in [1.54, 1.807) is 36.1 Å². The highest BCUT2D eigenvalue weighted by Gasteiger charge is 2.35. The lowest BCUT2D eigenvalue weighted by Crippen LogP contribution is -2.49. The van der Waals surface area contributed by atoms with Gasteiger partial charge in [-0.2, -0.15) is 0 Å². The molecule has 1 fully saturated rings. The molecule has 1 saturated carbocycles. The highest BCUT2D eigenvalue weighted by atomic mass is 16.2. The zero-order chi connectivity index (χ0) is 24.9. The van der Waals surface area contributed by atoms with Gasteiger partial charge in [0.1, 0.15) is 6.04 Å². The molecule has 2 aliphatic rings. The Balaban J connectivity index is 1.41. The van der Waals surface area contributed by atoms with Crippen molar-refractivity contribution in [2.75, 3.05) is 6.54 Å². The van der Waals surface area contributed by atoms with Crippen LogP contribution >= 0.6 is 0 Å². The summed E-state index contributed by atoms with van der Waals surface area (Å²) in [5, 5.41) is 3.10. The molecule has 1 N–H and O–H groups in total. The van der Waals surface area contributed by atoms with Gasteiger partial charge in [-0.3, -0.25) is 24.1 Å². The lowest BCUT2D eigenvalue weighted by molar-refractivity contribution is -0.141. The van der Waals surface area contributed by atoms with Crippen molar-refractivity contribution in [3.63, 3.8) is 0 Å². The minimum absolute atomic E-state index is 0.139. The number of imide groups is 1. The van der Waals surface area contributed by atoms with E-state index in [4.69, 9.17) is 0 Å². The van der Waals surface area contributed by atoms with Crippen LogP contribution < -0.4 is 5.32 Å². The topological polar surface area (TPSA) is 86.8 Å². The number of carbonyl (C=O) groups excluding carboxylic acids is 4. The number of aryl methyl sites for hydroxylation is 1. The first-order valence-corrected chi connectivity index (χ1v) is 12.5. The summed E-state index contributed by atoms with van der Waals surface area (Å²) in [6, 6.07) is 14.2. The van der Waals surface area contributed by atoms with E-state index in [-0.39, 0.29) is 42.6 Å². The number of rotatable bonds is 9. The van der Waals surface area contributed by atoms with E-state index in [0.29, 0.717) is 24.1 Å². The van der Waals surface area contributed by atoms with Crippen LogP contribution in [-0.4, -0.2) is 52.1 Å². The van der Waals surface area contributed by atoms with Crippen LogP contribution in [0.3, 0.4) is 0 Å². The molecular formula is C28H33N3O4. The van der Waals surface area contributed by atoms with Crippen LogP contribution in [-0.2, 0) is 16.1 Å². The second-order valence-electron chi connectivity index (χ2n) is 9.59. The average Bonchev–Trinajstić information content (AvgIpc) is 3.44. The molecule has 1 aliphatic heterocycles. The van der Waals surface area contributed by atoms with Gasteiger partial charge >= 0.3 is 0 Å². The minimum Gasteiger partial charge on any atom is -0.352 e. The summed E-state index contributed by atoms with van der Waals surface area (Å²) in [6.07, 6.45) is 4.66. The second kappa shape index (κ2) is 10.8. The van der Waals surface area contributed by atoms with E-state index in [1.807, 2.05) is 31.2 Å². The largest absolute Gasteiger partial charge is 0.352 e. The Labute approximate surface area is 206 Å². The Hall–Kier alpha value is -3.48. The molecule has 4 amide bonds. The molecule has 184 valence electrons. The van der Waals surface area contributed by atoms with Crippen molar-refractivity contribution in [1.82, 2.24) is 15.1 Å². The predicted octanol–water partition coefficient (Wildman–Crippen LogP) is 3.85. The summed E-state index contributed by atoms with van der Waals surface area (Å²) < 4.78 is 0. The molecule has 35 heavy (non-hydrogen) atoms. The van der Waals surface area contributed by atoms with E-state index in [2.05, 4.69) is 5.32 Å². The molecule has 2 aromatic carbocycles. The summed E-state index contributed by atoms with van der Waals surface area (Å²) in [5.74, 6) is -0.951. The molecule has 0 saturated heterocycles. The molecule has 0 bridgehead atoms. The number of nitrogens with zero attached hydrogens (tertiary/aromatic N) is 2. The molecule has 0 spiro atoms. The molecule has 2 aromatic rings. The van der Waals surface area contributed by atoms with Crippen LogP contribution in [0.5, 0.6) is 0 Å². The van der Waals surface area contributed by atoms with Gasteiger partial charge in [-0.15, -0.1) is 0 Å². The Bertz CT molecular complexity index is 1090. The molecule has 4 rings (SSSR count). The van der Waals surface area contributed by atoms with Crippen molar-refractivity contribution >= 4 is 23.6 Å². The smallest absolute Gasteiger partial charge is 0.261 e. The fourth-order valence-electron chi connectivity index (χ4n) is 4.96. The van der Waals surface area contributed by atoms with Crippen LogP contribution in [0.2, 0.25) is 0 Å². The summed E-state index contributed by atoms with van der Waals surface area (Å²) in [7, 11) is 0. The van der Waals surface area contributed by atoms with Crippen LogP contribution in [0.4, 0.5) is 0 Å². The number of benzene rings is 2. The molecule has 7 heteroatoms. The summed E-state index contributed by atoms with van der Waals surface area (Å²) >= 11 is 0. The summed E-state index contributed by atoms with van der Waals surface area (Å²) in [5.41, 5.74) is 2.85. The zero-order valence-corrected chi connectivity index (χ0v) is 20.5. The second-order valence-corrected chi connectivity index (χ2v) is 9.59. The maximum absolute atomic E-state index is 13.3. The van der Waals surface area contributed by atoms with E-state index >= 15 is 0 Å². The monoisotopic (exact) mass is 475 g/mol. The van der Waals surface area contributed by atoms with Crippen LogP contribution in [0.15, 0.2) is 48.5 Å². The lowest BCUT2D eigenvalue weighted by atomic mass is 10.1. The highest BCUT2D eigenvalue weighted by Crippen LogP contribution is 2.23. The SMILES string of the molecule is Cc1cccc(CN(C(=O)CCCN2C(=O)c3ccccc3C2=O)C(C)C(=O)NC2CCCC2)c1. The van der Waals surface area contributed by atoms with Crippen molar-refractivity contribution in [2.45, 2.75) is 71.0 Å². The molecule has 1 heterocycles. The lowest BCUT2D eigenvalue weighted by Gasteiger charge is -2.30. The Kier molecular flexibility index (Phi) is 7.63. The number of carbonyl (C=O) groups is 4. The molecule has 0 radical (unpaired) electrons. The third-order valence-corrected chi connectivity index (χ3v) is 6.95. The fourth-order valence-corrected chi connectivity index (χ4v) is 4.96. The molecule has 0 aromatic heterocycles. The highest BCUT2D eigenvalue weighted by molar-refractivity contribution is 6.21. The molecule has 1 atom stereocenters. The Morgan fingerprint density at radius 2 is 1.69 bits per heavy atom. The van der Waals surface area contributed by atoms with Crippen molar-refractivity contribution in [3.05, 3.63) is 70.8 Å². The van der Waals surface area contributed by atoms with Gasteiger partial charge in [-0.05, 0) is 50.8 Å². The van der Waals surface area contributed by atoms with E-state index in [0.717, 1.165) is 36.8 Å². The van der Waals surface area contributed by atoms with Crippen molar-refractivity contribution < 1.29 is 19.2 Å². The maximum Gasteiger partial charge on any atom is 0.261 e. The van der Waals surface area contributed by atoms with Crippen molar-refractivity contribution in [1.29, 1.82) is 0 Å². The Morgan fingerprint density at radius 3 is 2.31 bits per heavy atom. The number of hydrogen-bond acceptors (Lipinski definition) is 4. The van der Waals surface area contributed by atoms with Gasteiger partial charge in [0.05, 0.1) is 11.1 Å². The third kappa shape index (κ3) is 5.61. The normalized spacial score (nSPS) is 16.3. The standard InChI is InChI=1S/C28H33N3O4/c1-19-9-7-10-21(17-19)18-31(20(2)26(33)29-22-11-3-4-12-22)25(32)15-8-16-30-27(34)23-13-5-6-14-24(23)28(30)35/h5-7,9-10,13-14,17,20,22H,3-4,8,11-12,15-16,18H2,1-2H3,(H,29,33). The summed E-state index contributed by atoms with van der Waals surface area (Å²) in [6.45, 7) is 4.25. The van der Waals surface area contributed by atoms with Gasteiger partial charge < -0.3 is 10.2 Å². The molecule has 1 aliphatic carbocycles. The van der Waals surface area contributed by atoms with Gasteiger partial charge in [0.2, 0.25) is 11.8 Å². The van der Waals surface area contributed by atoms with Gasteiger partial charge in [0.25, 0.3) is 11.8 Å². The summed E-state index contributed by atoms with van der Waals surface area (Å²) in [4.78, 5) is 54.4. The third-order valence-electron chi connectivity index (χ3n) is 6.95. The zero-order valence-electron chi connectivity index (χ0n) is 20.5. The number of amides is 4. The van der Waals surface area contributed by atoms with Crippen LogP contribution in [0.25, 0.3) is 0 Å².